The lowest BCUT2D eigenvalue weighted by atomic mass is 10.4. The average molecular weight is 219 g/mol. The molecule has 0 aliphatic heterocycles. The molecule has 2 nitrogen and oxygen atoms in total. The molecule has 0 saturated carbocycles. The monoisotopic (exact) mass is 219 g/mol. The summed E-state index contributed by atoms with van der Waals surface area (Å²) in [6.07, 6.45) is 1.55. The van der Waals surface area contributed by atoms with E-state index < -0.39 is 8.07 Å². The van der Waals surface area contributed by atoms with E-state index in [0.29, 0.717) is 5.70 Å². The Morgan fingerprint density at radius 1 is 1.27 bits per heavy atom. The van der Waals surface area contributed by atoms with E-state index in [1.54, 1.807) is 13.0 Å². The highest BCUT2D eigenvalue weighted by molar-refractivity contribution is 7.14. The van der Waals surface area contributed by atoms with Gasteiger partial charge in [0, 0.05) is 5.70 Å². The van der Waals surface area contributed by atoms with Gasteiger partial charge in [0.15, 0.2) is 8.07 Å². The first-order chi connectivity index (χ1) is 6.94. The Bertz CT molecular complexity index is 378. The zero-order valence-electron chi connectivity index (χ0n) is 9.45. The summed E-state index contributed by atoms with van der Waals surface area (Å²) in [6, 6.07) is 9.93. The van der Waals surface area contributed by atoms with Crippen LogP contribution in [0.15, 0.2) is 42.1 Å². The van der Waals surface area contributed by atoms with Crippen LogP contribution in [0.25, 0.3) is 0 Å². The van der Waals surface area contributed by atoms with E-state index in [0.717, 1.165) is 5.19 Å². The molecule has 0 atom stereocenters. The average Bonchev–Trinajstić information content (AvgIpc) is 2.18. The Hall–Kier alpha value is -1.35. The number of allylic oxidation sites excluding steroid dienone is 2. The summed E-state index contributed by atoms with van der Waals surface area (Å²) in [7, 11) is -2.04. The SMILES string of the molecule is C/C(N)=C/C(=O)[Si](C)(C)c1ccccc1. The van der Waals surface area contributed by atoms with Crippen LogP contribution >= 0.6 is 0 Å². The number of nitrogens with two attached hydrogens (primary N) is 1. The zero-order chi connectivity index (χ0) is 11.5. The highest BCUT2D eigenvalue weighted by Crippen LogP contribution is 2.06. The van der Waals surface area contributed by atoms with Crippen molar-refractivity contribution in [2.45, 2.75) is 20.0 Å². The van der Waals surface area contributed by atoms with Crippen molar-refractivity contribution in [1.82, 2.24) is 0 Å². The molecule has 0 saturated heterocycles. The van der Waals surface area contributed by atoms with Gasteiger partial charge in [-0.3, -0.25) is 0 Å². The third-order valence-electron chi connectivity index (χ3n) is 2.47. The second-order valence-corrected chi connectivity index (χ2v) is 8.56. The van der Waals surface area contributed by atoms with Gasteiger partial charge in [-0.25, -0.2) is 0 Å². The standard InChI is InChI=1S/C12H17NOSi/c1-10(13)9-12(14)15(2,3)11-7-5-4-6-8-11/h4-9H,13H2,1-3H3/b10-9-. The van der Waals surface area contributed by atoms with Crippen LogP contribution < -0.4 is 10.9 Å². The largest absolute Gasteiger partial charge is 0.402 e. The number of benzene rings is 1. The van der Waals surface area contributed by atoms with Gasteiger partial charge in [0.25, 0.3) is 0 Å². The van der Waals surface area contributed by atoms with E-state index in [2.05, 4.69) is 0 Å². The van der Waals surface area contributed by atoms with Crippen LogP contribution in [0.3, 0.4) is 0 Å². The van der Waals surface area contributed by atoms with Crippen molar-refractivity contribution in [2.75, 3.05) is 0 Å². The maximum atomic E-state index is 12.0. The number of hydrogen-bond acceptors (Lipinski definition) is 2. The predicted octanol–water partition coefficient (Wildman–Crippen LogP) is 1.57. The topological polar surface area (TPSA) is 43.1 Å². The van der Waals surface area contributed by atoms with Crippen LogP contribution in [0.5, 0.6) is 0 Å². The molecule has 0 unspecified atom stereocenters. The maximum absolute atomic E-state index is 12.0. The predicted molar refractivity (Wildman–Crippen MR) is 66.5 cm³/mol. The molecule has 1 aromatic carbocycles. The van der Waals surface area contributed by atoms with Crippen LogP contribution in [-0.2, 0) is 4.79 Å². The zero-order valence-corrected chi connectivity index (χ0v) is 10.4. The summed E-state index contributed by atoms with van der Waals surface area (Å²) in [5.41, 5.74) is 6.11. The third-order valence-corrected chi connectivity index (χ3v) is 5.62. The molecule has 0 bridgehead atoms. The second kappa shape index (κ2) is 4.44. The molecule has 1 aromatic rings. The number of hydrogen-bond donors (Lipinski definition) is 1. The van der Waals surface area contributed by atoms with Crippen molar-refractivity contribution in [3.05, 3.63) is 42.1 Å². The summed E-state index contributed by atoms with van der Waals surface area (Å²) in [4.78, 5) is 12.0. The van der Waals surface area contributed by atoms with Gasteiger partial charge < -0.3 is 10.5 Å². The quantitative estimate of drug-likeness (QED) is 0.619. The smallest absolute Gasteiger partial charge is 0.162 e. The Morgan fingerprint density at radius 2 is 1.80 bits per heavy atom. The van der Waals surface area contributed by atoms with Gasteiger partial charge in [-0.15, -0.1) is 0 Å². The molecule has 0 radical (unpaired) electrons. The first-order valence-corrected chi connectivity index (χ1v) is 7.98. The Morgan fingerprint density at radius 3 is 2.27 bits per heavy atom. The highest BCUT2D eigenvalue weighted by atomic mass is 28.3. The molecule has 0 fully saturated rings. The molecule has 3 heteroatoms. The van der Waals surface area contributed by atoms with Gasteiger partial charge in [-0.2, -0.15) is 0 Å². The van der Waals surface area contributed by atoms with Crippen LogP contribution in [0.4, 0.5) is 0 Å². The minimum absolute atomic E-state index is 0.175. The first kappa shape index (κ1) is 11.7. The van der Waals surface area contributed by atoms with Crippen molar-refractivity contribution >= 4 is 18.7 Å². The lowest BCUT2D eigenvalue weighted by molar-refractivity contribution is -0.108. The molecule has 15 heavy (non-hydrogen) atoms. The van der Waals surface area contributed by atoms with Gasteiger partial charge in [-0.05, 0) is 13.0 Å². The molecule has 1 rings (SSSR count). The van der Waals surface area contributed by atoms with Crippen molar-refractivity contribution in [3.8, 4) is 0 Å². The summed E-state index contributed by atoms with van der Waals surface area (Å²) in [6.45, 7) is 5.83. The van der Waals surface area contributed by atoms with E-state index in [1.807, 2.05) is 43.4 Å². The molecule has 2 N–H and O–H groups in total. The number of carbonyl (C=O) groups is 1. The van der Waals surface area contributed by atoms with E-state index in [4.69, 9.17) is 5.73 Å². The summed E-state index contributed by atoms with van der Waals surface area (Å²) in [5, 5.41) is 1.32. The van der Waals surface area contributed by atoms with E-state index in [-0.39, 0.29) is 5.41 Å². The molecule has 0 heterocycles. The van der Waals surface area contributed by atoms with E-state index >= 15 is 0 Å². The van der Waals surface area contributed by atoms with Crippen molar-refractivity contribution < 1.29 is 4.79 Å². The second-order valence-electron chi connectivity index (χ2n) is 4.24. The lowest BCUT2D eigenvalue weighted by Crippen LogP contribution is -2.49. The molecule has 0 spiro atoms. The van der Waals surface area contributed by atoms with Gasteiger partial charge in [0.1, 0.15) is 5.41 Å². The van der Waals surface area contributed by atoms with Crippen LogP contribution in [-0.4, -0.2) is 13.5 Å². The van der Waals surface area contributed by atoms with Gasteiger partial charge >= 0.3 is 0 Å². The van der Waals surface area contributed by atoms with Crippen LogP contribution in [0.1, 0.15) is 6.92 Å². The van der Waals surface area contributed by atoms with Crippen LogP contribution in [0, 0.1) is 0 Å². The van der Waals surface area contributed by atoms with Crippen molar-refractivity contribution in [2.24, 2.45) is 5.73 Å². The summed E-state index contributed by atoms with van der Waals surface area (Å²) < 4.78 is 0. The maximum Gasteiger partial charge on any atom is 0.162 e. The molecule has 0 aliphatic carbocycles. The van der Waals surface area contributed by atoms with E-state index in [9.17, 15) is 4.79 Å². The highest BCUT2D eigenvalue weighted by Gasteiger charge is 2.30. The molecule has 80 valence electrons. The van der Waals surface area contributed by atoms with Gasteiger partial charge in [-0.1, -0.05) is 48.6 Å². The van der Waals surface area contributed by atoms with Crippen molar-refractivity contribution in [1.29, 1.82) is 0 Å². The molecular formula is C12H17NOSi. The Labute approximate surface area is 91.8 Å². The fraction of sp³-hybridized carbons (Fsp3) is 0.250. The molecule has 0 aliphatic rings. The molecule has 0 aromatic heterocycles. The number of rotatable bonds is 3. The molecule has 0 amide bonds. The third kappa shape index (κ3) is 2.80. The Balaban J connectivity index is 3.03. The van der Waals surface area contributed by atoms with Gasteiger partial charge in [0.2, 0.25) is 0 Å². The fourth-order valence-corrected chi connectivity index (χ4v) is 3.28. The fourth-order valence-electron chi connectivity index (χ4n) is 1.38. The number of carbonyl (C=O) groups excluding carboxylic acids is 1. The van der Waals surface area contributed by atoms with E-state index in [1.165, 1.54) is 0 Å². The lowest BCUT2D eigenvalue weighted by Gasteiger charge is -2.19. The summed E-state index contributed by atoms with van der Waals surface area (Å²) in [5.74, 6) is 0. The first-order valence-electron chi connectivity index (χ1n) is 4.98. The Kier molecular flexibility index (Phi) is 3.47. The minimum atomic E-state index is -2.04. The van der Waals surface area contributed by atoms with Crippen molar-refractivity contribution in [3.63, 3.8) is 0 Å². The minimum Gasteiger partial charge on any atom is -0.402 e. The molecular weight excluding hydrogens is 202 g/mol. The normalized spacial score (nSPS) is 12.6. The summed E-state index contributed by atoms with van der Waals surface area (Å²) >= 11 is 0. The van der Waals surface area contributed by atoms with Crippen LogP contribution in [0.2, 0.25) is 13.1 Å². The van der Waals surface area contributed by atoms with Gasteiger partial charge in [0.05, 0.1) is 0 Å².